The molecular formula is C16H23NO4. The molecule has 1 fully saturated rings. The summed E-state index contributed by atoms with van der Waals surface area (Å²) < 4.78 is 11.1. The van der Waals surface area contributed by atoms with Gasteiger partial charge in [0.25, 0.3) is 5.91 Å². The van der Waals surface area contributed by atoms with Crippen LogP contribution in [0.2, 0.25) is 0 Å². The van der Waals surface area contributed by atoms with E-state index in [2.05, 4.69) is 0 Å². The lowest BCUT2D eigenvalue weighted by Crippen LogP contribution is -2.37. The Labute approximate surface area is 125 Å². The molecule has 0 saturated carbocycles. The van der Waals surface area contributed by atoms with Crippen molar-refractivity contribution in [2.24, 2.45) is 0 Å². The van der Waals surface area contributed by atoms with Crippen molar-refractivity contribution in [3.8, 4) is 11.5 Å². The minimum absolute atomic E-state index is 0.0150. The maximum Gasteiger partial charge on any atom is 0.254 e. The van der Waals surface area contributed by atoms with E-state index in [0.717, 1.165) is 12.8 Å². The van der Waals surface area contributed by atoms with Gasteiger partial charge >= 0.3 is 0 Å². The molecule has 0 aromatic heterocycles. The van der Waals surface area contributed by atoms with E-state index < -0.39 is 0 Å². The molecule has 1 unspecified atom stereocenters. The number of benzene rings is 1. The van der Waals surface area contributed by atoms with Gasteiger partial charge in [-0.15, -0.1) is 0 Å². The van der Waals surface area contributed by atoms with E-state index in [0.29, 0.717) is 36.8 Å². The Morgan fingerprint density at radius 3 is 2.67 bits per heavy atom. The zero-order valence-corrected chi connectivity index (χ0v) is 12.7. The monoisotopic (exact) mass is 293 g/mol. The Morgan fingerprint density at radius 2 is 2.00 bits per heavy atom. The standard InChI is InChI=1S/C16H23NO4/c1-3-20-14-8-7-12(10-15(14)21-4-2)16(19)17-9-5-6-13(17)11-18/h7-8,10,13,18H,3-6,9,11H2,1-2H3. The van der Waals surface area contributed by atoms with Crippen LogP contribution in [0, 0.1) is 0 Å². The molecule has 1 aromatic rings. The van der Waals surface area contributed by atoms with Crippen LogP contribution in [0.25, 0.3) is 0 Å². The number of hydrogen-bond acceptors (Lipinski definition) is 4. The number of amides is 1. The van der Waals surface area contributed by atoms with Gasteiger partial charge in [-0.3, -0.25) is 4.79 Å². The summed E-state index contributed by atoms with van der Waals surface area (Å²) in [6, 6.07) is 5.18. The lowest BCUT2D eigenvalue weighted by atomic mass is 10.1. The Bertz CT molecular complexity index is 489. The van der Waals surface area contributed by atoms with Crippen molar-refractivity contribution in [1.29, 1.82) is 0 Å². The van der Waals surface area contributed by atoms with Crippen LogP contribution in [-0.4, -0.2) is 48.3 Å². The first kappa shape index (κ1) is 15.6. The summed E-state index contributed by atoms with van der Waals surface area (Å²) in [5.41, 5.74) is 0.572. The van der Waals surface area contributed by atoms with E-state index in [1.165, 1.54) is 0 Å². The van der Waals surface area contributed by atoms with Crippen LogP contribution >= 0.6 is 0 Å². The molecule has 2 rings (SSSR count). The number of likely N-dealkylation sites (tertiary alicyclic amines) is 1. The summed E-state index contributed by atoms with van der Waals surface area (Å²) in [5.74, 6) is 1.18. The summed E-state index contributed by atoms with van der Waals surface area (Å²) >= 11 is 0. The Balaban J connectivity index is 2.22. The van der Waals surface area contributed by atoms with Crippen molar-refractivity contribution in [3.05, 3.63) is 23.8 Å². The first-order valence-electron chi connectivity index (χ1n) is 7.52. The maximum atomic E-state index is 12.6. The van der Waals surface area contributed by atoms with Crippen LogP contribution in [0.4, 0.5) is 0 Å². The van der Waals surface area contributed by atoms with Gasteiger partial charge in [0, 0.05) is 12.1 Å². The van der Waals surface area contributed by atoms with E-state index in [1.54, 1.807) is 23.1 Å². The van der Waals surface area contributed by atoms with E-state index in [1.807, 2.05) is 13.8 Å². The normalized spacial score (nSPS) is 17.9. The van der Waals surface area contributed by atoms with E-state index in [4.69, 9.17) is 9.47 Å². The van der Waals surface area contributed by atoms with Crippen molar-refractivity contribution in [2.45, 2.75) is 32.7 Å². The molecule has 116 valence electrons. The summed E-state index contributed by atoms with van der Waals surface area (Å²) in [5, 5.41) is 9.35. The van der Waals surface area contributed by atoms with Crippen LogP contribution < -0.4 is 9.47 Å². The molecular weight excluding hydrogens is 270 g/mol. The van der Waals surface area contributed by atoms with Crippen LogP contribution in [0.3, 0.4) is 0 Å². The average molecular weight is 293 g/mol. The quantitative estimate of drug-likeness (QED) is 0.872. The molecule has 1 amide bonds. The first-order valence-corrected chi connectivity index (χ1v) is 7.52. The number of carbonyl (C=O) groups is 1. The van der Waals surface area contributed by atoms with Crippen LogP contribution in [0.15, 0.2) is 18.2 Å². The number of aliphatic hydroxyl groups is 1. The van der Waals surface area contributed by atoms with Gasteiger partial charge in [-0.2, -0.15) is 0 Å². The third-order valence-electron chi connectivity index (χ3n) is 3.64. The molecule has 1 atom stereocenters. The SMILES string of the molecule is CCOc1ccc(C(=O)N2CCCC2CO)cc1OCC. The Kier molecular flexibility index (Phi) is 5.44. The third kappa shape index (κ3) is 3.47. The Morgan fingerprint density at radius 1 is 1.29 bits per heavy atom. The lowest BCUT2D eigenvalue weighted by molar-refractivity contribution is 0.0677. The van der Waals surface area contributed by atoms with E-state index >= 15 is 0 Å². The molecule has 1 aliphatic heterocycles. The molecule has 5 heteroatoms. The fourth-order valence-electron chi connectivity index (χ4n) is 2.64. The molecule has 1 N–H and O–H groups in total. The highest BCUT2D eigenvalue weighted by molar-refractivity contribution is 5.95. The summed E-state index contributed by atoms with van der Waals surface area (Å²) in [7, 11) is 0. The molecule has 5 nitrogen and oxygen atoms in total. The van der Waals surface area contributed by atoms with Gasteiger partial charge in [-0.1, -0.05) is 0 Å². The topological polar surface area (TPSA) is 59.0 Å². The summed E-state index contributed by atoms with van der Waals surface area (Å²) in [6.45, 7) is 5.58. The zero-order chi connectivity index (χ0) is 15.2. The maximum absolute atomic E-state index is 12.6. The molecule has 1 saturated heterocycles. The molecule has 1 aromatic carbocycles. The number of hydrogen-bond donors (Lipinski definition) is 1. The van der Waals surface area contributed by atoms with Gasteiger partial charge < -0.3 is 19.5 Å². The zero-order valence-electron chi connectivity index (χ0n) is 12.7. The molecule has 21 heavy (non-hydrogen) atoms. The van der Waals surface area contributed by atoms with Crippen LogP contribution in [-0.2, 0) is 0 Å². The van der Waals surface area contributed by atoms with Crippen molar-refractivity contribution in [3.63, 3.8) is 0 Å². The van der Waals surface area contributed by atoms with Gasteiger partial charge in [0.15, 0.2) is 11.5 Å². The second-order valence-corrected chi connectivity index (χ2v) is 5.00. The van der Waals surface area contributed by atoms with Crippen LogP contribution in [0.5, 0.6) is 11.5 Å². The van der Waals surface area contributed by atoms with E-state index in [9.17, 15) is 9.90 Å². The molecule has 0 aliphatic carbocycles. The highest BCUT2D eigenvalue weighted by Gasteiger charge is 2.29. The minimum atomic E-state index is -0.0698. The fraction of sp³-hybridized carbons (Fsp3) is 0.562. The number of carbonyl (C=O) groups excluding carboxylic acids is 1. The molecule has 0 spiro atoms. The Hall–Kier alpha value is -1.75. The number of aliphatic hydroxyl groups excluding tert-OH is 1. The molecule has 0 bridgehead atoms. The highest BCUT2D eigenvalue weighted by atomic mass is 16.5. The number of rotatable bonds is 6. The number of nitrogens with zero attached hydrogens (tertiary/aromatic N) is 1. The fourth-order valence-corrected chi connectivity index (χ4v) is 2.64. The predicted octanol–water partition coefficient (Wildman–Crippen LogP) is 2.08. The lowest BCUT2D eigenvalue weighted by Gasteiger charge is -2.23. The van der Waals surface area contributed by atoms with Crippen LogP contribution in [0.1, 0.15) is 37.0 Å². The third-order valence-corrected chi connectivity index (χ3v) is 3.64. The smallest absolute Gasteiger partial charge is 0.254 e. The van der Waals surface area contributed by atoms with Crippen molar-refractivity contribution in [1.82, 2.24) is 4.90 Å². The minimum Gasteiger partial charge on any atom is -0.490 e. The molecule has 1 heterocycles. The van der Waals surface area contributed by atoms with Gasteiger partial charge in [0.05, 0.1) is 25.9 Å². The van der Waals surface area contributed by atoms with Gasteiger partial charge in [0.1, 0.15) is 0 Å². The van der Waals surface area contributed by atoms with Crippen molar-refractivity contribution >= 4 is 5.91 Å². The highest BCUT2D eigenvalue weighted by Crippen LogP contribution is 2.30. The number of ether oxygens (including phenoxy) is 2. The largest absolute Gasteiger partial charge is 0.490 e. The second kappa shape index (κ2) is 7.31. The second-order valence-electron chi connectivity index (χ2n) is 5.00. The molecule has 0 radical (unpaired) electrons. The van der Waals surface area contributed by atoms with E-state index in [-0.39, 0.29) is 18.6 Å². The van der Waals surface area contributed by atoms with Gasteiger partial charge in [-0.05, 0) is 44.9 Å². The average Bonchev–Trinajstić information content (AvgIpc) is 2.97. The first-order chi connectivity index (χ1) is 10.2. The summed E-state index contributed by atoms with van der Waals surface area (Å²) in [6.07, 6.45) is 1.80. The molecule has 1 aliphatic rings. The van der Waals surface area contributed by atoms with Gasteiger partial charge in [-0.25, -0.2) is 0 Å². The van der Waals surface area contributed by atoms with Crippen molar-refractivity contribution < 1.29 is 19.4 Å². The summed E-state index contributed by atoms with van der Waals surface area (Å²) in [4.78, 5) is 14.3. The van der Waals surface area contributed by atoms with Gasteiger partial charge in [0.2, 0.25) is 0 Å². The predicted molar refractivity (Wildman–Crippen MR) is 79.9 cm³/mol. The van der Waals surface area contributed by atoms with Crippen molar-refractivity contribution in [2.75, 3.05) is 26.4 Å².